The van der Waals surface area contributed by atoms with E-state index in [4.69, 9.17) is 10.5 Å². The van der Waals surface area contributed by atoms with Gasteiger partial charge in [0, 0.05) is 31.8 Å². The summed E-state index contributed by atoms with van der Waals surface area (Å²) < 4.78 is 31.6. The molecule has 0 aliphatic carbocycles. The Morgan fingerprint density at radius 2 is 2.11 bits per heavy atom. The lowest BCUT2D eigenvalue weighted by molar-refractivity contribution is 0.147. The fourth-order valence-corrected chi connectivity index (χ4v) is 1.77. The van der Waals surface area contributed by atoms with E-state index >= 15 is 0 Å². The Hall–Kier alpha value is -1.04. The smallest absolute Gasteiger partial charge is 0.128 e. The molecule has 0 heterocycles. The highest BCUT2D eigenvalue weighted by Crippen LogP contribution is 2.17. The highest BCUT2D eigenvalue weighted by atomic mass is 19.1. The van der Waals surface area contributed by atoms with Crippen molar-refractivity contribution in [2.24, 2.45) is 5.73 Å². The van der Waals surface area contributed by atoms with Crippen LogP contribution in [0.4, 0.5) is 8.78 Å². The first-order valence-corrected chi connectivity index (χ1v) is 6.00. The second-order valence-corrected chi connectivity index (χ2v) is 4.16. The predicted octanol–water partition coefficient (Wildman–Crippen LogP) is 1.93. The molecule has 0 radical (unpaired) electrons. The molecule has 0 fully saturated rings. The summed E-state index contributed by atoms with van der Waals surface area (Å²) in [4.78, 5) is 2.04. The molecule has 0 saturated carbocycles. The van der Waals surface area contributed by atoms with Crippen molar-refractivity contribution in [3.8, 4) is 0 Å². The molecule has 0 aliphatic heterocycles. The SMILES string of the molecule is CCN(CCOC)CC(N)c1cc(F)ccc1F. The van der Waals surface area contributed by atoms with Gasteiger partial charge in [-0.25, -0.2) is 8.78 Å². The summed E-state index contributed by atoms with van der Waals surface area (Å²) in [6, 6.07) is 2.81. The molecule has 0 aromatic heterocycles. The maximum atomic E-state index is 13.5. The van der Waals surface area contributed by atoms with Crippen molar-refractivity contribution in [2.75, 3.05) is 33.4 Å². The van der Waals surface area contributed by atoms with E-state index in [-0.39, 0.29) is 5.56 Å². The molecular weight excluding hydrogens is 238 g/mol. The number of methoxy groups -OCH3 is 1. The standard InChI is InChI=1S/C13H20F2N2O/c1-3-17(6-7-18-2)9-13(16)11-8-10(14)4-5-12(11)15/h4-5,8,13H,3,6-7,9,16H2,1-2H3. The Kier molecular flexibility index (Phi) is 6.18. The van der Waals surface area contributed by atoms with Crippen molar-refractivity contribution in [1.82, 2.24) is 4.90 Å². The first-order valence-electron chi connectivity index (χ1n) is 6.00. The zero-order valence-corrected chi connectivity index (χ0v) is 10.8. The maximum Gasteiger partial charge on any atom is 0.128 e. The molecule has 0 spiro atoms. The van der Waals surface area contributed by atoms with E-state index in [1.165, 1.54) is 0 Å². The lowest BCUT2D eigenvalue weighted by Crippen LogP contribution is -2.34. The van der Waals surface area contributed by atoms with Crippen LogP contribution in [-0.2, 0) is 4.74 Å². The van der Waals surface area contributed by atoms with Gasteiger partial charge in [-0.1, -0.05) is 6.92 Å². The van der Waals surface area contributed by atoms with Gasteiger partial charge in [0.2, 0.25) is 0 Å². The zero-order chi connectivity index (χ0) is 13.5. The van der Waals surface area contributed by atoms with E-state index in [9.17, 15) is 8.78 Å². The minimum absolute atomic E-state index is 0.214. The van der Waals surface area contributed by atoms with Crippen LogP contribution in [0.15, 0.2) is 18.2 Å². The quantitative estimate of drug-likeness (QED) is 0.812. The van der Waals surface area contributed by atoms with Crippen LogP contribution >= 0.6 is 0 Å². The van der Waals surface area contributed by atoms with Crippen LogP contribution < -0.4 is 5.73 Å². The van der Waals surface area contributed by atoms with Crippen molar-refractivity contribution in [3.05, 3.63) is 35.4 Å². The van der Waals surface area contributed by atoms with Crippen LogP contribution in [0.25, 0.3) is 0 Å². The Morgan fingerprint density at radius 1 is 1.39 bits per heavy atom. The number of benzene rings is 1. The molecule has 1 unspecified atom stereocenters. The van der Waals surface area contributed by atoms with Crippen molar-refractivity contribution in [2.45, 2.75) is 13.0 Å². The highest BCUT2D eigenvalue weighted by molar-refractivity contribution is 5.22. The maximum absolute atomic E-state index is 13.5. The predicted molar refractivity (Wildman–Crippen MR) is 67.3 cm³/mol. The summed E-state index contributed by atoms with van der Waals surface area (Å²) in [5.74, 6) is -0.937. The van der Waals surface area contributed by atoms with Gasteiger partial charge in [-0.15, -0.1) is 0 Å². The fourth-order valence-electron chi connectivity index (χ4n) is 1.77. The van der Waals surface area contributed by atoms with Crippen molar-refractivity contribution >= 4 is 0 Å². The molecule has 5 heteroatoms. The molecular formula is C13H20F2N2O. The lowest BCUT2D eigenvalue weighted by Gasteiger charge is -2.24. The molecule has 102 valence electrons. The fraction of sp³-hybridized carbons (Fsp3) is 0.538. The van der Waals surface area contributed by atoms with Gasteiger partial charge >= 0.3 is 0 Å². The highest BCUT2D eigenvalue weighted by Gasteiger charge is 2.15. The van der Waals surface area contributed by atoms with Crippen LogP contribution in [0.1, 0.15) is 18.5 Å². The van der Waals surface area contributed by atoms with E-state index in [0.29, 0.717) is 13.2 Å². The van der Waals surface area contributed by atoms with E-state index in [2.05, 4.69) is 0 Å². The summed E-state index contributed by atoms with van der Waals surface area (Å²) in [5, 5.41) is 0. The normalized spacial score (nSPS) is 13.0. The number of hydrogen-bond acceptors (Lipinski definition) is 3. The number of halogens is 2. The van der Waals surface area contributed by atoms with E-state index in [1.54, 1.807) is 7.11 Å². The van der Waals surface area contributed by atoms with Crippen LogP contribution in [-0.4, -0.2) is 38.3 Å². The molecule has 0 bridgehead atoms. The molecule has 1 rings (SSSR count). The van der Waals surface area contributed by atoms with Crippen molar-refractivity contribution in [3.63, 3.8) is 0 Å². The lowest BCUT2D eigenvalue weighted by atomic mass is 10.1. The van der Waals surface area contributed by atoms with E-state index in [0.717, 1.165) is 31.3 Å². The third-order valence-electron chi connectivity index (χ3n) is 2.87. The summed E-state index contributed by atoms with van der Waals surface area (Å²) in [5.41, 5.74) is 6.14. The molecule has 1 atom stereocenters. The van der Waals surface area contributed by atoms with E-state index < -0.39 is 17.7 Å². The molecule has 3 nitrogen and oxygen atoms in total. The van der Waals surface area contributed by atoms with Gasteiger partial charge in [-0.3, -0.25) is 4.90 Å². The van der Waals surface area contributed by atoms with Gasteiger partial charge in [0.05, 0.1) is 6.61 Å². The van der Waals surface area contributed by atoms with Crippen LogP contribution in [0.5, 0.6) is 0 Å². The number of nitrogens with zero attached hydrogens (tertiary/aromatic N) is 1. The average Bonchev–Trinajstić information content (AvgIpc) is 2.37. The summed E-state index contributed by atoms with van der Waals surface area (Å²) in [6.07, 6.45) is 0. The molecule has 18 heavy (non-hydrogen) atoms. The van der Waals surface area contributed by atoms with Crippen molar-refractivity contribution < 1.29 is 13.5 Å². The topological polar surface area (TPSA) is 38.5 Å². The van der Waals surface area contributed by atoms with Gasteiger partial charge in [-0.05, 0) is 24.7 Å². The minimum Gasteiger partial charge on any atom is -0.383 e. The van der Waals surface area contributed by atoms with Gasteiger partial charge < -0.3 is 10.5 Å². The second kappa shape index (κ2) is 7.41. The Morgan fingerprint density at radius 3 is 2.72 bits per heavy atom. The van der Waals surface area contributed by atoms with Gasteiger partial charge in [0.1, 0.15) is 11.6 Å². The zero-order valence-electron chi connectivity index (χ0n) is 10.8. The van der Waals surface area contributed by atoms with Gasteiger partial charge in [-0.2, -0.15) is 0 Å². The number of ether oxygens (including phenoxy) is 1. The minimum atomic E-state index is -0.544. The number of nitrogens with two attached hydrogens (primary N) is 1. The Labute approximate surface area is 107 Å². The third kappa shape index (κ3) is 4.33. The summed E-state index contributed by atoms with van der Waals surface area (Å²) >= 11 is 0. The number of rotatable bonds is 7. The summed E-state index contributed by atoms with van der Waals surface area (Å²) in [6.45, 7) is 4.56. The Balaban J connectivity index is 2.67. The average molecular weight is 258 g/mol. The van der Waals surface area contributed by atoms with E-state index in [1.807, 2.05) is 11.8 Å². The van der Waals surface area contributed by atoms with Crippen molar-refractivity contribution in [1.29, 1.82) is 0 Å². The molecule has 2 N–H and O–H groups in total. The van der Waals surface area contributed by atoms with Crippen LogP contribution in [0.2, 0.25) is 0 Å². The third-order valence-corrected chi connectivity index (χ3v) is 2.87. The molecule has 1 aromatic carbocycles. The number of likely N-dealkylation sites (N-methyl/N-ethyl adjacent to an activating group) is 1. The number of hydrogen-bond donors (Lipinski definition) is 1. The molecule has 0 amide bonds. The first-order chi connectivity index (χ1) is 8.58. The van der Waals surface area contributed by atoms with Gasteiger partial charge in [0.15, 0.2) is 0 Å². The largest absolute Gasteiger partial charge is 0.383 e. The monoisotopic (exact) mass is 258 g/mol. The molecule has 1 aromatic rings. The molecule has 0 aliphatic rings. The van der Waals surface area contributed by atoms with Gasteiger partial charge in [0.25, 0.3) is 0 Å². The van der Waals surface area contributed by atoms with Crippen LogP contribution in [0.3, 0.4) is 0 Å². The molecule has 0 saturated heterocycles. The van der Waals surface area contributed by atoms with Crippen LogP contribution in [0, 0.1) is 11.6 Å². The second-order valence-electron chi connectivity index (χ2n) is 4.16. The summed E-state index contributed by atoms with van der Waals surface area (Å²) in [7, 11) is 1.63. The Bertz CT molecular complexity index is 374. The first kappa shape index (κ1) is 15.0.